The van der Waals surface area contributed by atoms with Crippen LogP contribution in [0.15, 0.2) is 42.0 Å². The van der Waals surface area contributed by atoms with E-state index in [0.717, 1.165) is 33.1 Å². The predicted molar refractivity (Wildman–Crippen MR) is 97.3 cm³/mol. The summed E-state index contributed by atoms with van der Waals surface area (Å²) in [6.07, 6.45) is 5.45. The summed E-state index contributed by atoms with van der Waals surface area (Å²) in [5.41, 5.74) is 3.95. The highest BCUT2D eigenvalue weighted by atomic mass is 16.5. The summed E-state index contributed by atoms with van der Waals surface area (Å²) in [6, 6.07) is 3.86. The number of H-pyrrole nitrogens is 1. The van der Waals surface area contributed by atoms with E-state index in [4.69, 9.17) is 4.74 Å². The summed E-state index contributed by atoms with van der Waals surface area (Å²) in [6.45, 7) is 3.90. The van der Waals surface area contributed by atoms with Gasteiger partial charge in [-0.1, -0.05) is 12.7 Å². The van der Waals surface area contributed by atoms with Gasteiger partial charge >= 0.3 is 5.69 Å². The van der Waals surface area contributed by atoms with Crippen LogP contribution in [0, 0.1) is 0 Å². The molecular formula is C18H20N4O2. The molecule has 0 amide bonds. The standard InChI is InChI=1S/C18H20N4O2/c1-6-11(10-21(2)3)12-7-13-14(8-16(12)24-5)19-9-15-17(13)20-18(23)22(15)4/h6-10H,1H2,2-5H3,(H,20,23)/b11-10+. The number of aromatic amines is 1. The number of nitrogens with zero attached hydrogens (tertiary/aromatic N) is 3. The second-order valence-corrected chi connectivity index (χ2v) is 5.83. The number of aryl methyl sites for hydroxylation is 1. The Balaban J connectivity index is 2.40. The largest absolute Gasteiger partial charge is 0.496 e. The first kappa shape index (κ1) is 15.9. The summed E-state index contributed by atoms with van der Waals surface area (Å²) in [4.78, 5) is 21.3. The van der Waals surface area contributed by atoms with Crippen molar-refractivity contribution in [2.75, 3.05) is 21.2 Å². The maximum Gasteiger partial charge on any atom is 0.326 e. The van der Waals surface area contributed by atoms with E-state index in [1.165, 1.54) is 0 Å². The van der Waals surface area contributed by atoms with Gasteiger partial charge in [-0.05, 0) is 6.07 Å². The fourth-order valence-electron chi connectivity index (χ4n) is 2.80. The Bertz CT molecular complexity index is 1020. The van der Waals surface area contributed by atoms with Gasteiger partial charge in [-0.3, -0.25) is 9.55 Å². The maximum atomic E-state index is 11.9. The monoisotopic (exact) mass is 324 g/mol. The topological polar surface area (TPSA) is 63.1 Å². The lowest BCUT2D eigenvalue weighted by molar-refractivity contribution is 0.414. The lowest BCUT2D eigenvalue weighted by Gasteiger charge is -2.14. The van der Waals surface area contributed by atoms with Crippen molar-refractivity contribution in [3.8, 4) is 5.75 Å². The third-order valence-corrected chi connectivity index (χ3v) is 4.00. The minimum absolute atomic E-state index is 0.163. The average molecular weight is 324 g/mol. The van der Waals surface area contributed by atoms with E-state index in [2.05, 4.69) is 16.5 Å². The van der Waals surface area contributed by atoms with Crippen molar-refractivity contribution < 1.29 is 4.74 Å². The summed E-state index contributed by atoms with van der Waals surface area (Å²) in [5.74, 6) is 0.709. The zero-order valence-electron chi connectivity index (χ0n) is 14.3. The van der Waals surface area contributed by atoms with E-state index in [1.807, 2.05) is 37.3 Å². The summed E-state index contributed by atoms with van der Waals surface area (Å²) < 4.78 is 7.09. The maximum absolute atomic E-state index is 11.9. The van der Waals surface area contributed by atoms with Crippen LogP contribution in [0.1, 0.15) is 5.56 Å². The van der Waals surface area contributed by atoms with Crippen LogP contribution in [0.3, 0.4) is 0 Å². The number of rotatable bonds is 4. The molecular weight excluding hydrogens is 304 g/mol. The smallest absolute Gasteiger partial charge is 0.326 e. The molecule has 0 aliphatic carbocycles. The number of ether oxygens (including phenoxy) is 1. The van der Waals surface area contributed by atoms with Crippen molar-refractivity contribution in [2.45, 2.75) is 0 Å². The number of benzene rings is 1. The first-order valence-electron chi connectivity index (χ1n) is 7.52. The highest BCUT2D eigenvalue weighted by Crippen LogP contribution is 2.33. The molecule has 3 rings (SSSR count). The molecule has 0 aliphatic rings. The molecule has 3 aromatic rings. The second kappa shape index (κ2) is 5.88. The average Bonchev–Trinajstić information content (AvgIpc) is 2.86. The zero-order chi connectivity index (χ0) is 17.4. The molecule has 2 aromatic heterocycles. The van der Waals surface area contributed by atoms with Crippen LogP contribution in [0.25, 0.3) is 27.5 Å². The number of fused-ring (bicyclic) bond motifs is 3. The molecule has 1 aromatic carbocycles. The first-order chi connectivity index (χ1) is 11.5. The lowest BCUT2D eigenvalue weighted by atomic mass is 10.0. The van der Waals surface area contributed by atoms with Crippen LogP contribution in [0.2, 0.25) is 0 Å². The van der Waals surface area contributed by atoms with E-state index in [1.54, 1.807) is 31.0 Å². The number of methoxy groups -OCH3 is 1. The lowest BCUT2D eigenvalue weighted by Crippen LogP contribution is -2.11. The van der Waals surface area contributed by atoms with E-state index >= 15 is 0 Å². The molecule has 0 fully saturated rings. The van der Waals surface area contributed by atoms with Gasteiger partial charge < -0.3 is 14.6 Å². The van der Waals surface area contributed by atoms with E-state index < -0.39 is 0 Å². The van der Waals surface area contributed by atoms with Crippen molar-refractivity contribution in [2.24, 2.45) is 7.05 Å². The van der Waals surface area contributed by atoms with Gasteiger partial charge in [-0.2, -0.15) is 0 Å². The summed E-state index contributed by atoms with van der Waals surface area (Å²) >= 11 is 0. The van der Waals surface area contributed by atoms with Crippen molar-refractivity contribution in [3.05, 3.63) is 53.2 Å². The number of hydrogen-bond acceptors (Lipinski definition) is 4. The number of pyridine rings is 1. The SMILES string of the molecule is C=C/C(=C\N(C)C)c1cc2c(cc1OC)ncc1c2[nH]c(=O)n1C. The Kier molecular flexibility index (Phi) is 3.89. The summed E-state index contributed by atoms with van der Waals surface area (Å²) in [7, 11) is 7.25. The number of aromatic nitrogens is 3. The van der Waals surface area contributed by atoms with Crippen molar-refractivity contribution in [1.82, 2.24) is 19.4 Å². The Morgan fingerprint density at radius 2 is 2.17 bits per heavy atom. The number of imidazole rings is 1. The molecule has 124 valence electrons. The van der Waals surface area contributed by atoms with Crippen LogP contribution in [-0.4, -0.2) is 40.6 Å². The molecule has 0 atom stereocenters. The van der Waals surface area contributed by atoms with Crippen molar-refractivity contribution in [3.63, 3.8) is 0 Å². The third-order valence-electron chi connectivity index (χ3n) is 4.00. The van der Waals surface area contributed by atoms with Crippen LogP contribution < -0.4 is 10.4 Å². The molecule has 0 radical (unpaired) electrons. The van der Waals surface area contributed by atoms with Gasteiger partial charge in [-0.15, -0.1) is 0 Å². The highest BCUT2D eigenvalue weighted by Gasteiger charge is 2.14. The third kappa shape index (κ3) is 2.46. The van der Waals surface area contributed by atoms with Gasteiger partial charge in [0.2, 0.25) is 0 Å². The minimum Gasteiger partial charge on any atom is -0.496 e. The fourth-order valence-corrected chi connectivity index (χ4v) is 2.80. The second-order valence-electron chi connectivity index (χ2n) is 5.83. The predicted octanol–water partition coefficient (Wildman–Crippen LogP) is 2.51. The molecule has 0 saturated heterocycles. The fraction of sp³-hybridized carbons (Fsp3) is 0.222. The number of allylic oxidation sites excluding steroid dienone is 2. The van der Waals surface area contributed by atoms with Crippen LogP contribution in [-0.2, 0) is 7.05 Å². The molecule has 0 spiro atoms. The Morgan fingerprint density at radius 3 is 2.79 bits per heavy atom. The first-order valence-corrected chi connectivity index (χ1v) is 7.52. The van der Waals surface area contributed by atoms with Crippen molar-refractivity contribution in [1.29, 1.82) is 0 Å². The van der Waals surface area contributed by atoms with E-state index in [-0.39, 0.29) is 5.69 Å². The van der Waals surface area contributed by atoms with E-state index in [0.29, 0.717) is 5.75 Å². The molecule has 0 saturated carbocycles. The molecule has 6 nitrogen and oxygen atoms in total. The number of nitrogens with one attached hydrogen (secondary N) is 1. The van der Waals surface area contributed by atoms with Gasteiger partial charge in [0.05, 0.1) is 29.9 Å². The van der Waals surface area contributed by atoms with Gasteiger partial charge in [0.25, 0.3) is 0 Å². The molecule has 24 heavy (non-hydrogen) atoms. The Hall–Kier alpha value is -3.02. The highest BCUT2D eigenvalue weighted by molar-refractivity contribution is 6.04. The molecule has 0 aliphatic heterocycles. The molecule has 6 heteroatoms. The Labute approximate surface area is 139 Å². The van der Waals surface area contributed by atoms with E-state index in [9.17, 15) is 4.79 Å². The van der Waals surface area contributed by atoms with Gasteiger partial charge in [0, 0.05) is 49.9 Å². The minimum atomic E-state index is -0.163. The quantitative estimate of drug-likeness (QED) is 0.749. The van der Waals surface area contributed by atoms with Crippen LogP contribution >= 0.6 is 0 Å². The van der Waals surface area contributed by atoms with Gasteiger partial charge in [0.15, 0.2) is 0 Å². The van der Waals surface area contributed by atoms with Gasteiger partial charge in [0.1, 0.15) is 5.75 Å². The van der Waals surface area contributed by atoms with Crippen molar-refractivity contribution >= 4 is 27.5 Å². The van der Waals surface area contributed by atoms with Crippen LogP contribution in [0.5, 0.6) is 5.75 Å². The molecule has 0 unspecified atom stereocenters. The summed E-state index contributed by atoms with van der Waals surface area (Å²) in [5, 5.41) is 0.868. The number of hydrogen-bond donors (Lipinski definition) is 1. The normalized spacial score (nSPS) is 11.9. The van der Waals surface area contributed by atoms with Crippen LogP contribution in [0.4, 0.5) is 0 Å². The van der Waals surface area contributed by atoms with Gasteiger partial charge in [-0.25, -0.2) is 4.79 Å². The molecule has 1 N–H and O–H groups in total. The molecule has 0 bridgehead atoms. The zero-order valence-corrected chi connectivity index (χ0v) is 14.3. The molecule has 2 heterocycles. The Morgan fingerprint density at radius 1 is 1.42 bits per heavy atom.